The predicted octanol–water partition coefficient (Wildman–Crippen LogP) is 5.42. The first kappa shape index (κ1) is 23.2. The molecule has 2 aromatic carbocycles. The average molecular weight is 457 g/mol. The van der Waals surface area contributed by atoms with Crippen LogP contribution in [0.15, 0.2) is 66.5 Å². The summed E-state index contributed by atoms with van der Waals surface area (Å²) in [6.07, 6.45) is 3.23. The highest BCUT2D eigenvalue weighted by molar-refractivity contribution is 6.51. The summed E-state index contributed by atoms with van der Waals surface area (Å²) < 4.78 is 5.80. The van der Waals surface area contributed by atoms with Gasteiger partial charge in [0.2, 0.25) is 0 Å². The highest BCUT2D eigenvalue weighted by Gasteiger charge is 2.47. The summed E-state index contributed by atoms with van der Waals surface area (Å²) in [5, 5.41) is 11.3. The number of hydrogen-bond donors (Lipinski definition) is 1. The minimum atomic E-state index is -0.781. The molecule has 6 heteroatoms. The van der Waals surface area contributed by atoms with E-state index in [4.69, 9.17) is 4.74 Å². The minimum Gasteiger partial charge on any atom is -0.507 e. The molecule has 1 saturated heterocycles. The van der Waals surface area contributed by atoms with Crippen molar-refractivity contribution in [1.82, 2.24) is 4.98 Å². The summed E-state index contributed by atoms with van der Waals surface area (Å²) in [7, 11) is 0. The number of aliphatic hydroxyl groups is 1. The maximum Gasteiger partial charge on any atom is 0.300 e. The zero-order valence-corrected chi connectivity index (χ0v) is 20.0. The molecule has 1 unspecified atom stereocenters. The fraction of sp³-hybridized carbons (Fsp3) is 0.250. The van der Waals surface area contributed by atoms with Gasteiger partial charge in [0.25, 0.3) is 11.7 Å². The molecule has 1 aromatic heterocycles. The van der Waals surface area contributed by atoms with E-state index >= 15 is 0 Å². The third-order valence-corrected chi connectivity index (χ3v) is 6.05. The Kier molecular flexibility index (Phi) is 6.24. The maximum atomic E-state index is 13.3. The van der Waals surface area contributed by atoms with E-state index in [2.05, 4.69) is 4.98 Å². The molecule has 1 aliphatic heterocycles. The monoisotopic (exact) mass is 456 g/mol. The second-order valence-electron chi connectivity index (χ2n) is 8.87. The second kappa shape index (κ2) is 9.14. The molecule has 1 atom stereocenters. The maximum absolute atomic E-state index is 13.3. The fourth-order valence-electron chi connectivity index (χ4n) is 4.17. The SMILES string of the molecule is Cc1ccc(N2C(=O)C(=O)/C(=C(/O)c3ccc(OC(C)C)c(C)c3)C2c2ccncc2)cc1C. The van der Waals surface area contributed by atoms with Crippen molar-refractivity contribution < 1.29 is 19.4 Å². The van der Waals surface area contributed by atoms with E-state index in [9.17, 15) is 14.7 Å². The van der Waals surface area contributed by atoms with Crippen molar-refractivity contribution in [3.63, 3.8) is 0 Å². The number of aryl methyl sites for hydroxylation is 3. The Bertz CT molecular complexity index is 1300. The number of rotatable bonds is 5. The van der Waals surface area contributed by atoms with Gasteiger partial charge in [-0.05, 0) is 99.3 Å². The van der Waals surface area contributed by atoms with Crippen LogP contribution in [0.2, 0.25) is 0 Å². The van der Waals surface area contributed by atoms with Gasteiger partial charge in [-0.2, -0.15) is 0 Å². The molecule has 0 aliphatic carbocycles. The van der Waals surface area contributed by atoms with Crippen molar-refractivity contribution in [2.45, 2.75) is 46.8 Å². The van der Waals surface area contributed by atoms with Gasteiger partial charge in [0.15, 0.2) is 0 Å². The molecule has 0 saturated carbocycles. The molecule has 1 fully saturated rings. The van der Waals surface area contributed by atoms with E-state index in [-0.39, 0.29) is 17.4 Å². The lowest BCUT2D eigenvalue weighted by Gasteiger charge is -2.26. The molecule has 174 valence electrons. The number of aliphatic hydroxyl groups excluding tert-OH is 1. The van der Waals surface area contributed by atoms with Gasteiger partial charge in [-0.3, -0.25) is 19.5 Å². The first-order valence-corrected chi connectivity index (χ1v) is 11.2. The van der Waals surface area contributed by atoms with Crippen LogP contribution in [0.1, 0.15) is 47.7 Å². The lowest BCUT2D eigenvalue weighted by atomic mass is 9.95. The number of Topliss-reactive ketones (excluding diaryl/α,β-unsaturated/α-hetero) is 1. The summed E-state index contributed by atoms with van der Waals surface area (Å²) in [6, 6.07) is 13.6. The number of nitrogens with zero attached hydrogens (tertiary/aromatic N) is 2. The molecule has 4 rings (SSSR count). The lowest BCUT2D eigenvalue weighted by Crippen LogP contribution is -2.29. The van der Waals surface area contributed by atoms with Crippen molar-refractivity contribution in [2.24, 2.45) is 0 Å². The molecule has 1 aliphatic rings. The molecule has 0 bridgehead atoms. The van der Waals surface area contributed by atoms with Gasteiger partial charge in [0.05, 0.1) is 17.7 Å². The first-order valence-electron chi connectivity index (χ1n) is 11.2. The molecule has 1 amide bonds. The number of hydrogen-bond acceptors (Lipinski definition) is 5. The predicted molar refractivity (Wildman–Crippen MR) is 132 cm³/mol. The van der Waals surface area contributed by atoms with E-state index in [1.165, 1.54) is 4.90 Å². The second-order valence-corrected chi connectivity index (χ2v) is 8.87. The van der Waals surface area contributed by atoms with Crippen molar-refractivity contribution in [3.05, 3.63) is 94.3 Å². The van der Waals surface area contributed by atoms with Crippen molar-refractivity contribution >= 4 is 23.1 Å². The van der Waals surface area contributed by atoms with E-state index in [1.54, 1.807) is 42.7 Å². The molecule has 6 nitrogen and oxygen atoms in total. The van der Waals surface area contributed by atoms with Crippen LogP contribution in [0, 0.1) is 20.8 Å². The van der Waals surface area contributed by atoms with E-state index in [1.807, 2.05) is 52.8 Å². The number of aromatic nitrogens is 1. The smallest absolute Gasteiger partial charge is 0.300 e. The summed E-state index contributed by atoms with van der Waals surface area (Å²) >= 11 is 0. The fourth-order valence-corrected chi connectivity index (χ4v) is 4.17. The number of carbonyl (C=O) groups is 2. The van der Waals surface area contributed by atoms with Crippen LogP contribution in [0.25, 0.3) is 5.76 Å². The number of benzene rings is 2. The summed E-state index contributed by atoms with van der Waals surface area (Å²) in [4.78, 5) is 32.1. The molecule has 3 aromatic rings. The molecular weight excluding hydrogens is 428 g/mol. The topological polar surface area (TPSA) is 79.7 Å². The number of anilines is 1. The van der Waals surface area contributed by atoms with Crippen molar-refractivity contribution in [2.75, 3.05) is 4.90 Å². The minimum absolute atomic E-state index is 0.00753. The van der Waals surface area contributed by atoms with E-state index in [0.717, 1.165) is 16.7 Å². The van der Waals surface area contributed by atoms with Crippen LogP contribution in [0.3, 0.4) is 0 Å². The van der Waals surface area contributed by atoms with E-state index < -0.39 is 17.7 Å². The quantitative estimate of drug-likeness (QED) is 0.315. The zero-order valence-electron chi connectivity index (χ0n) is 20.0. The average Bonchev–Trinajstić information content (AvgIpc) is 3.07. The molecule has 0 spiro atoms. The van der Waals surface area contributed by atoms with Gasteiger partial charge in [0, 0.05) is 23.6 Å². The first-order chi connectivity index (χ1) is 16.2. The van der Waals surface area contributed by atoms with Gasteiger partial charge in [-0.1, -0.05) is 6.07 Å². The zero-order chi connectivity index (χ0) is 24.6. The molecule has 2 heterocycles. The highest BCUT2D eigenvalue weighted by atomic mass is 16.5. The standard InChI is InChI=1S/C28H28N2O4/c1-16(2)34-23-9-7-21(14-19(23)5)26(31)24-25(20-10-12-29-13-11-20)30(28(33)27(24)32)22-8-6-17(3)18(4)15-22/h6-16,25,31H,1-5H3/b26-24+. The normalized spacial score (nSPS) is 17.5. The Morgan fingerprint density at radius 3 is 2.26 bits per heavy atom. The van der Waals surface area contributed by atoms with Crippen LogP contribution >= 0.6 is 0 Å². The molecule has 0 radical (unpaired) electrons. The van der Waals surface area contributed by atoms with Gasteiger partial charge >= 0.3 is 0 Å². The summed E-state index contributed by atoms with van der Waals surface area (Å²) in [5.74, 6) is -0.917. The Morgan fingerprint density at radius 2 is 1.65 bits per heavy atom. The van der Waals surface area contributed by atoms with Gasteiger partial charge in [0.1, 0.15) is 11.5 Å². The van der Waals surface area contributed by atoms with Crippen LogP contribution in [-0.2, 0) is 9.59 Å². The number of pyridine rings is 1. The van der Waals surface area contributed by atoms with Gasteiger partial charge in [-0.15, -0.1) is 0 Å². The van der Waals surface area contributed by atoms with E-state index in [0.29, 0.717) is 22.6 Å². The largest absolute Gasteiger partial charge is 0.507 e. The third-order valence-electron chi connectivity index (χ3n) is 6.05. The Morgan fingerprint density at radius 1 is 0.941 bits per heavy atom. The van der Waals surface area contributed by atoms with Crippen LogP contribution in [0.4, 0.5) is 5.69 Å². The Hall–Kier alpha value is -3.93. The van der Waals surface area contributed by atoms with Crippen molar-refractivity contribution in [1.29, 1.82) is 0 Å². The summed E-state index contributed by atoms with van der Waals surface area (Å²) in [6.45, 7) is 9.71. The Labute approximate surface area is 199 Å². The van der Waals surface area contributed by atoms with Crippen LogP contribution in [0.5, 0.6) is 5.75 Å². The van der Waals surface area contributed by atoms with Gasteiger partial charge < -0.3 is 9.84 Å². The highest BCUT2D eigenvalue weighted by Crippen LogP contribution is 2.42. The lowest BCUT2D eigenvalue weighted by molar-refractivity contribution is -0.132. The van der Waals surface area contributed by atoms with Gasteiger partial charge in [-0.25, -0.2) is 0 Å². The number of ketones is 1. The summed E-state index contributed by atoms with van der Waals surface area (Å²) in [5.41, 5.74) is 4.69. The molecule has 1 N–H and O–H groups in total. The number of carbonyl (C=O) groups excluding carboxylic acids is 2. The third kappa shape index (κ3) is 4.19. The number of amides is 1. The molecular formula is C28H28N2O4. The molecule has 34 heavy (non-hydrogen) atoms. The number of ether oxygens (including phenoxy) is 1. The van der Waals surface area contributed by atoms with Crippen LogP contribution in [-0.4, -0.2) is 27.9 Å². The van der Waals surface area contributed by atoms with Crippen molar-refractivity contribution in [3.8, 4) is 5.75 Å². The Balaban J connectivity index is 1.89. The van der Waals surface area contributed by atoms with Crippen LogP contribution < -0.4 is 9.64 Å².